The van der Waals surface area contributed by atoms with Crippen molar-refractivity contribution in [1.29, 1.82) is 0 Å². The van der Waals surface area contributed by atoms with Crippen molar-refractivity contribution in [3.8, 4) is 0 Å². The normalized spacial score (nSPS) is 16.7. The molecule has 0 aromatic carbocycles. The molecule has 1 saturated carbocycles. The maximum absolute atomic E-state index is 12.0. The molecule has 126 valence electrons. The van der Waals surface area contributed by atoms with E-state index in [0.29, 0.717) is 37.6 Å². The molecular formula is C15H27ClN4O2. The lowest BCUT2D eigenvalue weighted by molar-refractivity contribution is -0.123. The standard InChI is InChI=1S/C15H26N4O2.ClH/c1-3-5-12-17-14(21-19-12)7-4-6-13(20)18-15(2,10-16)11-8-9-11;/h11H,3-10,16H2,1-2H3,(H,18,20);1H. The van der Waals surface area contributed by atoms with E-state index < -0.39 is 0 Å². The lowest BCUT2D eigenvalue weighted by Crippen LogP contribution is -2.53. The SMILES string of the molecule is CCCc1noc(CCCC(=O)NC(C)(CN)C2CC2)n1.Cl. The highest BCUT2D eigenvalue weighted by atomic mass is 35.5. The van der Waals surface area contributed by atoms with Gasteiger partial charge in [-0.05, 0) is 38.5 Å². The van der Waals surface area contributed by atoms with E-state index in [1.165, 1.54) is 0 Å². The second-order valence-electron chi connectivity index (χ2n) is 6.15. The van der Waals surface area contributed by atoms with Crippen LogP contribution in [0.2, 0.25) is 0 Å². The third-order valence-corrected chi connectivity index (χ3v) is 4.11. The third kappa shape index (κ3) is 5.25. The summed E-state index contributed by atoms with van der Waals surface area (Å²) >= 11 is 0. The van der Waals surface area contributed by atoms with Crippen molar-refractivity contribution in [2.24, 2.45) is 11.7 Å². The first-order valence-corrected chi connectivity index (χ1v) is 7.90. The Morgan fingerprint density at radius 1 is 1.45 bits per heavy atom. The van der Waals surface area contributed by atoms with Crippen LogP contribution in [0.25, 0.3) is 0 Å². The van der Waals surface area contributed by atoms with Gasteiger partial charge in [0.15, 0.2) is 5.82 Å². The van der Waals surface area contributed by atoms with Crippen LogP contribution in [0.5, 0.6) is 0 Å². The van der Waals surface area contributed by atoms with Gasteiger partial charge in [-0.2, -0.15) is 4.98 Å². The predicted molar refractivity (Wildman–Crippen MR) is 86.8 cm³/mol. The fourth-order valence-corrected chi connectivity index (χ4v) is 2.54. The van der Waals surface area contributed by atoms with Crippen LogP contribution in [0.4, 0.5) is 0 Å². The Morgan fingerprint density at radius 3 is 2.77 bits per heavy atom. The Hall–Kier alpha value is -1.14. The van der Waals surface area contributed by atoms with Crippen LogP contribution in [-0.2, 0) is 17.6 Å². The van der Waals surface area contributed by atoms with Crippen molar-refractivity contribution >= 4 is 18.3 Å². The van der Waals surface area contributed by atoms with E-state index >= 15 is 0 Å². The van der Waals surface area contributed by atoms with Gasteiger partial charge in [0.05, 0.1) is 5.54 Å². The van der Waals surface area contributed by atoms with Crippen molar-refractivity contribution in [3.63, 3.8) is 0 Å². The molecule has 1 atom stereocenters. The number of amides is 1. The number of rotatable bonds is 9. The zero-order chi connectivity index (χ0) is 15.3. The summed E-state index contributed by atoms with van der Waals surface area (Å²) in [5.74, 6) is 1.97. The topological polar surface area (TPSA) is 94.0 Å². The molecule has 3 N–H and O–H groups in total. The number of halogens is 1. The summed E-state index contributed by atoms with van der Waals surface area (Å²) < 4.78 is 5.16. The lowest BCUT2D eigenvalue weighted by Gasteiger charge is -2.29. The molecule has 1 aromatic heterocycles. The van der Waals surface area contributed by atoms with E-state index in [1.54, 1.807) is 0 Å². The molecule has 0 radical (unpaired) electrons. The van der Waals surface area contributed by atoms with Crippen LogP contribution in [0.1, 0.15) is 57.7 Å². The number of carbonyl (C=O) groups excluding carboxylic acids is 1. The molecule has 6 nitrogen and oxygen atoms in total. The highest BCUT2D eigenvalue weighted by molar-refractivity contribution is 5.85. The molecule has 1 aliphatic rings. The minimum Gasteiger partial charge on any atom is -0.349 e. The summed E-state index contributed by atoms with van der Waals surface area (Å²) in [4.78, 5) is 16.3. The second-order valence-corrected chi connectivity index (χ2v) is 6.15. The molecule has 7 heteroatoms. The Labute approximate surface area is 138 Å². The monoisotopic (exact) mass is 330 g/mol. The molecule has 0 saturated heterocycles. The van der Waals surface area contributed by atoms with E-state index in [4.69, 9.17) is 10.3 Å². The minimum absolute atomic E-state index is 0. The van der Waals surface area contributed by atoms with E-state index in [-0.39, 0.29) is 23.9 Å². The molecule has 0 bridgehead atoms. The summed E-state index contributed by atoms with van der Waals surface area (Å²) in [5.41, 5.74) is 5.56. The number of hydrogen-bond donors (Lipinski definition) is 2. The van der Waals surface area contributed by atoms with Gasteiger partial charge in [0.1, 0.15) is 0 Å². The van der Waals surface area contributed by atoms with Gasteiger partial charge in [-0.25, -0.2) is 0 Å². The number of aromatic nitrogens is 2. The van der Waals surface area contributed by atoms with Crippen LogP contribution in [0.3, 0.4) is 0 Å². The molecule has 0 aliphatic heterocycles. The van der Waals surface area contributed by atoms with Gasteiger partial charge in [-0.1, -0.05) is 12.1 Å². The fraction of sp³-hybridized carbons (Fsp3) is 0.800. The van der Waals surface area contributed by atoms with Gasteiger partial charge in [0.2, 0.25) is 11.8 Å². The second kappa shape index (κ2) is 8.48. The van der Waals surface area contributed by atoms with E-state index in [1.807, 2.05) is 6.92 Å². The van der Waals surface area contributed by atoms with Crippen LogP contribution in [0.15, 0.2) is 4.52 Å². The molecule has 22 heavy (non-hydrogen) atoms. The van der Waals surface area contributed by atoms with Gasteiger partial charge in [-0.15, -0.1) is 12.4 Å². The average molecular weight is 331 g/mol. The van der Waals surface area contributed by atoms with Gasteiger partial charge >= 0.3 is 0 Å². The summed E-state index contributed by atoms with van der Waals surface area (Å²) in [7, 11) is 0. The Kier molecular flexibility index (Phi) is 7.29. The molecule has 1 unspecified atom stereocenters. The fourth-order valence-electron chi connectivity index (χ4n) is 2.54. The lowest BCUT2D eigenvalue weighted by atomic mass is 9.95. The maximum Gasteiger partial charge on any atom is 0.226 e. The van der Waals surface area contributed by atoms with Gasteiger partial charge in [-0.3, -0.25) is 4.79 Å². The van der Waals surface area contributed by atoms with Crippen molar-refractivity contribution in [2.45, 2.75) is 64.3 Å². The van der Waals surface area contributed by atoms with Gasteiger partial charge < -0.3 is 15.6 Å². The first kappa shape index (κ1) is 18.9. The quantitative estimate of drug-likeness (QED) is 0.722. The molecule has 1 aromatic rings. The number of nitrogens with zero attached hydrogens (tertiary/aromatic N) is 2. The summed E-state index contributed by atoms with van der Waals surface area (Å²) in [6.07, 6.45) is 5.98. The van der Waals surface area contributed by atoms with Crippen LogP contribution in [0, 0.1) is 5.92 Å². The molecular weight excluding hydrogens is 304 g/mol. The molecule has 1 heterocycles. The molecule has 1 fully saturated rings. The molecule has 0 spiro atoms. The molecule has 1 aliphatic carbocycles. The molecule has 2 rings (SSSR count). The van der Waals surface area contributed by atoms with E-state index in [2.05, 4.69) is 22.4 Å². The Morgan fingerprint density at radius 2 is 2.18 bits per heavy atom. The van der Waals surface area contributed by atoms with Crippen molar-refractivity contribution in [2.75, 3.05) is 6.54 Å². The number of carbonyl (C=O) groups is 1. The smallest absolute Gasteiger partial charge is 0.226 e. The van der Waals surface area contributed by atoms with Gasteiger partial charge in [0.25, 0.3) is 0 Å². The van der Waals surface area contributed by atoms with Crippen molar-refractivity contribution < 1.29 is 9.32 Å². The first-order chi connectivity index (χ1) is 10.1. The average Bonchev–Trinajstić information content (AvgIpc) is 3.22. The number of aryl methyl sites for hydroxylation is 2. The number of hydrogen-bond acceptors (Lipinski definition) is 5. The van der Waals surface area contributed by atoms with Crippen molar-refractivity contribution in [1.82, 2.24) is 15.5 Å². The molecule has 1 amide bonds. The summed E-state index contributed by atoms with van der Waals surface area (Å²) in [5, 5.41) is 6.99. The maximum atomic E-state index is 12.0. The van der Waals surface area contributed by atoms with Crippen molar-refractivity contribution in [3.05, 3.63) is 11.7 Å². The summed E-state index contributed by atoms with van der Waals surface area (Å²) in [6.45, 7) is 4.61. The summed E-state index contributed by atoms with van der Waals surface area (Å²) in [6, 6.07) is 0. The highest BCUT2D eigenvalue weighted by Gasteiger charge is 2.41. The number of nitrogens with two attached hydrogens (primary N) is 1. The number of nitrogens with one attached hydrogen (secondary N) is 1. The van der Waals surface area contributed by atoms with Crippen LogP contribution < -0.4 is 11.1 Å². The zero-order valence-corrected chi connectivity index (χ0v) is 14.2. The van der Waals surface area contributed by atoms with E-state index in [0.717, 1.165) is 31.5 Å². The van der Waals surface area contributed by atoms with Crippen LogP contribution >= 0.6 is 12.4 Å². The highest BCUT2D eigenvalue weighted by Crippen LogP contribution is 2.38. The Bertz CT molecular complexity index is 476. The van der Waals surface area contributed by atoms with E-state index in [9.17, 15) is 4.79 Å². The minimum atomic E-state index is -0.240. The largest absolute Gasteiger partial charge is 0.349 e. The van der Waals surface area contributed by atoms with Crippen LogP contribution in [-0.4, -0.2) is 28.1 Å². The predicted octanol–water partition coefficient (Wildman–Crippen LogP) is 2.01. The van der Waals surface area contributed by atoms with Gasteiger partial charge in [0, 0.05) is 25.8 Å². The first-order valence-electron chi connectivity index (χ1n) is 7.90. The third-order valence-electron chi connectivity index (χ3n) is 4.11. The zero-order valence-electron chi connectivity index (χ0n) is 13.4. The Balaban J connectivity index is 0.00000242.